The molecule has 0 spiro atoms. The maximum absolute atomic E-state index is 12.9. The van der Waals surface area contributed by atoms with Crippen molar-refractivity contribution in [3.63, 3.8) is 0 Å². The molecule has 0 aliphatic rings. The molecular weight excluding hydrogens is 382 g/mol. The Labute approximate surface area is 174 Å². The third kappa shape index (κ3) is 4.81. The maximum atomic E-state index is 12.9. The van der Waals surface area contributed by atoms with E-state index in [2.05, 4.69) is 15.6 Å². The van der Waals surface area contributed by atoms with Gasteiger partial charge in [0.15, 0.2) is 6.10 Å². The number of rotatable bonds is 5. The van der Waals surface area contributed by atoms with Crippen molar-refractivity contribution in [2.75, 3.05) is 6.54 Å². The van der Waals surface area contributed by atoms with Crippen molar-refractivity contribution >= 4 is 28.8 Å². The Morgan fingerprint density at radius 3 is 2.47 bits per heavy atom. The van der Waals surface area contributed by atoms with Crippen molar-refractivity contribution in [3.8, 4) is 11.3 Å². The van der Waals surface area contributed by atoms with Gasteiger partial charge in [0.25, 0.3) is 5.91 Å². The zero-order chi connectivity index (χ0) is 21.7. The number of hydrogen-bond donors (Lipinski definition) is 2. The van der Waals surface area contributed by atoms with Gasteiger partial charge in [-0.15, -0.1) is 0 Å². The average Bonchev–Trinajstić information content (AvgIpc) is 2.73. The third-order valence-electron chi connectivity index (χ3n) is 4.51. The Balaban J connectivity index is 1.90. The maximum Gasteiger partial charge on any atom is 0.339 e. The highest BCUT2D eigenvalue weighted by molar-refractivity contribution is 6.06. The van der Waals surface area contributed by atoms with Gasteiger partial charge in [0.1, 0.15) is 0 Å². The fourth-order valence-corrected chi connectivity index (χ4v) is 2.91. The van der Waals surface area contributed by atoms with Crippen molar-refractivity contribution in [2.45, 2.75) is 26.9 Å². The molecule has 0 aliphatic carbocycles. The molecular formula is C23H23N3O4. The van der Waals surface area contributed by atoms with E-state index in [1.54, 1.807) is 25.1 Å². The Kier molecular flexibility index (Phi) is 6.41. The van der Waals surface area contributed by atoms with Crippen LogP contribution in [0.1, 0.15) is 29.8 Å². The summed E-state index contributed by atoms with van der Waals surface area (Å²) in [6, 6.07) is 16.1. The van der Waals surface area contributed by atoms with Gasteiger partial charge in [0.2, 0.25) is 0 Å². The Morgan fingerprint density at radius 2 is 1.77 bits per heavy atom. The van der Waals surface area contributed by atoms with Crippen LogP contribution in [0.2, 0.25) is 0 Å². The molecule has 1 atom stereocenters. The summed E-state index contributed by atoms with van der Waals surface area (Å²) in [4.78, 5) is 41.2. The summed E-state index contributed by atoms with van der Waals surface area (Å²) in [6.45, 7) is 5.51. The Morgan fingerprint density at radius 1 is 1.07 bits per heavy atom. The fraction of sp³-hybridized carbons (Fsp3) is 0.217. The summed E-state index contributed by atoms with van der Waals surface area (Å²) in [5.41, 5.74) is 3.55. The predicted molar refractivity (Wildman–Crippen MR) is 114 cm³/mol. The molecule has 0 radical (unpaired) electrons. The molecule has 7 heteroatoms. The average molecular weight is 405 g/mol. The number of nitrogens with zero attached hydrogens (tertiary/aromatic N) is 1. The van der Waals surface area contributed by atoms with Crippen LogP contribution in [-0.4, -0.2) is 35.5 Å². The quantitative estimate of drug-likeness (QED) is 0.632. The van der Waals surface area contributed by atoms with Crippen LogP contribution in [0.25, 0.3) is 22.2 Å². The van der Waals surface area contributed by atoms with E-state index in [9.17, 15) is 14.4 Å². The van der Waals surface area contributed by atoms with Gasteiger partial charge in [-0.2, -0.15) is 0 Å². The first kappa shape index (κ1) is 21.0. The standard InChI is InChI=1S/C23H23N3O4/c1-4-24-23(29)26-21(27)15(3)30-22(28)18-13-20(16-11-9-14(2)10-12-16)25-19-8-6-5-7-17(18)19/h5-13,15H,4H2,1-3H3,(H2,24,26,27,29). The second kappa shape index (κ2) is 9.17. The molecule has 0 saturated heterocycles. The van der Waals surface area contributed by atoms with E-state index in [0.29, 0.717) is 28.7 Å². The van der Waals surface area contributed by atoms with Gasteiger partial charge in [-0.1, -0.05) is 48.0 Å². The highest BCUT2D eigenvalue weighted by Gasteiger charge is 2.22. The van der Waals surface area contributed by atoms with Crippen LogP contribution in [0, 0.1) is 6.92 Å². The number of nitrogens with one attached hydrogen (secondary N) is 2. The number of fused-ring (bicyclic) bond motifs is 1. The largest absolute Gasteiger partial charge is 0.449 e. The van der Waals surface area contributed by atoms with Gasteiger partial charge in [-0.3, -0.25) is 10.1 Å². The van der Waals surface area contributed by atoms with Crippen molar-refractivity contribution in [2.24, 2.45) is 0 Å². The second-order valence-corrected chi connectivity index (χ2v) is 6.83. The normalized spacial score (nSPS) is 11.6. The summed E-state index contributed by atoms with van der Waals surface area (Å²) in [5.74, 6) is -1.37. The Hall–Kier alpha value is -3.74. The lowest BCUT2D eigenvalue weighted by atomic mass is 10.0. The number of esters is 1. The summed E-state index contributed by atoms with van der Waals surface area (Å²) in [5, 5.41) is 5.21. The molecule has 3 rings (SSSR count). The third-order valence-corrected chi connectivity index (χ3v) is 4.51. The molecule has 7 nitrogen and oxygen atoms in total. The van der Waals surface area contributed by atoms with Crippen molar-refractivity contribution < 1.29 is 19.1 Å². The topological polar surface area (TPSA) is 97.4 Å². The molecule has 2 N–H and O–H groups in total. The highest BCUT2D eigenvalue weighted by Crippen LogP contribution is 2.26. The smallest absolute Gasteiger partial charge is 0.339 e. The molecule has 0 aliphatic heterocycles. The second-order valence-electron chi connectivity index (χ2n) is 6.83. The van der Waals surface area contributed by atoms with Gasteiger partial charge in [-0.25, -0.2) is 14.6 Å². The molecule has 3 aromatic rings. The molecule has 0 bridgehead atoms. The van der Waals surface area contributed by atoms with Gasteiger partial charge >= 0.3 is 12.0 Å². The Bertz CT molecular complexity index is 1090. The number of hydrogen-bond acceptors (Lipinski definition) is 5. The highest BCUT2D eigenvalue weighted by atomic mass is 16.5. The number of para-hydroxylation sites is 1. The summed E-state index contributed by atoms with van der Waals surface area (Å²) in [6.07, 6.45) is -1.14. The zero-order valence-electron chi connectivity index (χ0n) is 17.1. The summed E-state index contributed by atoms with van der Waals surface area (Å²) >= 11 is 0. The molecule has 154 valence electrons. The molecule has 1 unspecified atom stereocenters. The van der Waals surface area contributed by atoms with E-state index in [0.717, 1.165) is 11.1 Å². The minimum Gasteiger partial charge on any atom is -0.449 e. The number of amides is 3. The molecule has 0 fully saturated rings. The number of imide groups is 1. The molecule has 1 aromatic heterocycles. The van der Waals surface area contributed by atoms with Crippen LogP contribution in [0.3, 0.4) is 0 Å². The molecule has 1 heterocycles. The fourth-order valence-electron chi connectivity index (χ4n) is 2.91. The number of benzene rings is 2. The molecule has 0 saturated carbocycles. The van der Waals surface area contributed by atoms with Crippen LogP contribution in [0.5, 0.6) is 0 Å². The minimum atomic E-state index is -1.14. The first-order valence-corrected chi connectivity index (χ1v) is 9.65. The van der Waals surface area contributed by atoms with Crippen molar-refractivity contribution in [3.05, 3.63) is 65.7 Å². The summed E-state index contributed by atoms with van der Waals surface area (Å²) < 4.78 is 5.34. The van der Waals surface area contributed by atoms with Gasteiger partial charge in [-0.05, 0) is 32.9 Å². The number of pyridine rings is 1. The number of ether oxygens (including phenoxy) is 1. The number of carbonyl (C=O) groups is 3. The van der Waals surface area contributed by atoms with Crippen LogP contribution in [0.15, 0.2) is 54.6 Å². The van der Waals surface area contributed by atoms with Gasteiger partial charge < -0.3 is 10.1 Å². The van der Waals surface area contributed by atoms with Crippen LogP contribution >= 0.6 is 0 Å². The van der Waals surface area contributed by atoms with Crippen molar-refractivity contribution in [1.82, 2.24) is 15.6 Å². The van der Waals surface area contributed by atoms with Crippen LogP contribution < -0.4 is 10.6 Å². The van der Waals surface area contributed by atoms with Crippen LogP contribution in [0.4, 0.5) is 4.79 Å². The van der Waals surface area contributed by atoms with E-state index in [4.69, 9.17) is 4.74 Å². The van der Waals surface area contributed by atoms with E-state index < -0.39 is 24.0 Å². The first-order chi connectivity index (χ1) is 14.4. The van der Waals surface area contributed by atoms with E-state index >= 15 is 0 Å². The minimum absolute atomic E-state index is 0.300. The number of aromatic nitrogens is 1. The monoisotopic (exact) mass is 405 g/mol. The van der Waals surface area contributed by atoms with E-state index in [1.165, 1.54) is 6.92 Å². The predicted octanol–water partition coefficient (Wildman–Crippen LogP) is 3.60. The van der Waals surface area contributed by atoms with Gasteiger partial charge in [0.05, 0.1) is 16.8 Å². The zero-order valence-corrected chi connectivity index (χ0v) is 17.1. The molecule has 3 amide bonds. The SMILES string of the molecule is CCNC(=O)NC(=O)C(C)OC(=O)c1cc(-c2ccc(C)cc2)nc2ccccc12. The van der Waals surface area contributed by atoms with E-state index in [1.807, 2.05) is 43.3 Å². The number of aryl methyl sites for hydroxylation is 1. The number of urea groups is 1. The molecule has 2 aromatic carbocycles. The summed E-state index contributed by atoms with van der Waals surface area (Å²) in [7, 11) is 0. The van der Waals surface area contributed by atoms with Crippen molar-refractivity contribution in [1.29, 1.82) is 0 Å². The number of carbonyl (C=O) groups excluding carboxylic acids is 3. The van der Waals surface area contributed by atoms with Crippen LogP contribution in [-0.2, 0) is 9.53 Å². The lowest BCUT2D eigenvalue weighted by molar-refractivity contribution is -0.127. The van der Waals surface area contributed by atoms with Gasteiger partial charge in [0, 0.05) is 17.5 Å². The van der Waals surface area contributed by atoms with E-state index in [-0.39, 0.29) is 0 Å². The lowest BCUT2D eigenvalue weighted by Crippen LogP contribution is -2.44. The lowest BCUT2D eigenvalue weighted by Gasteiger charge is -2.15. The first-order valence-electron chi connectivity index (χ1n) is 9.65. The molecule has 30 heavy (non-hydrogen) atoms.